The van der Waals surface area contributed by atoms with Crippen LogP contribution >= 0.6 is 11.6 Å². The van der Waals surface area contributed by atoms with Gasteiger partial charge in [0.15, 0.2) is 0 Å². The first-order valence-corrected chi connectivity index (χ1v) is 13.6. The third-order valence-corrected chi connectivity index (χ3v) is 7.24. The standard InChI is InChI=1S/C31H29ClN6O3/c32-23-10-8-20(9-11-23)14-28(30(34)39)37-31(40)26-3-1-2-25-27(12-13-41-29(25)26)35-16-24-18-38(19-36-24)17-22-6-4-21(15-33)5-7-22/h1-11,18-19,27-28,35H,12-14,16-17H2,(H2,34,39)(H,37,40)/t27?,28-/m0/s1. The van der Waals surface area contributed by atoms with Gasteiger partial charge in [-0.15, -0.1) is 0 Å². The fraction of sp³-hybridized carbons (Fsp3) is 0.226. The van der Waals surface area contributed by atoms with Crippen molar-refractivity contribution in [3.05, 3.63) is 118 Å². The topological polar surface area (TPSA) is 135 Å². The molecule has 1 unspecified atom stereocenters. The Kier molecular flexibility index (Phi) is 8.63. The number of benzene rings is 3. The van der Waals surface area contributed by atoms with Gasteiger partial charge in [-0.3, -0.25) is 9.59 Å². The molecule has 0 saturated carbocycles. The molecule has 0 spiro atoms. The van der Waals surface area contributed by atoms with Crippen molar-refractivity contribution in [3.8, 4) is 11.8 Å². The Morgan fingerprint density at radius 3 is 2.61 bits per heavy atom. The van der Waals surface area contributed by atoms with Crippen LogP contribution in [0.3, 0.4) is 0 Å². The lowest BCUT2D eigenvalue weighted by Crippen LogP contribution is -2.46. The largest absolute Gasteiger partial charge is 0.492 e. The molecule has 4 aromatic rings. The van der Waals surface area contributed by atoms with Crippen LogP contribution in [0.15, 0.2) is 79.3 Å². The second-order valence-electron chi connectivity index (χ2n) is 9.90. The number of hydrogen-bond donors (Lipinski definition) is 3. The first-order valence-electron chi connectivity index (χ1n) is 13.2. The summed E-state index contributed by atoms with van der Waals surface area (Å²) in [7, 11) is 0. The van der Waals surface area contributed by atoms with Crippen LogP contribution in [0.4, 0.5) is 0 Å². The van der Waals surface area contributed by atoms with E-state index in [1.165, 1.54) is 0 Å². The maximum atomic E-state index is 13.3. The molecule has 4 N–H and O–H groups in total. The number of carbonyl (C=O) groups is 2. The molecule has 41 heavy (non-hydrogen) atoms. The number of nitriles is 1. The number of halogens is 1. The summed E-state index contributed by atoms with van der Waals surface area (Å²) in [6.45, 7) is 1.62. The Morgan fingerprint density at radius 1 is 1.12 bits per heavy atom. The molecule has 0 saturated heterocycles. The molecule has 0 radical (unpaired) electrons. The van der Waals surface area contributed by atoms with E-state index in [0.717, 1.165) is 28.8 Å². The maximum Gasteiger partial charge on any atom is 0.255 e. The van der Waals surface area contributed by atoms with E-state index >= 15 is 0 Å². The zero-order valence-corrected chi connectivity index (χ0v) is 23.0. The lowest BCUT2D eigenvalue weighted by molar-refractivity contribution is -0.119. The van der Waals surface area contributed by atoms with E-state index in [2.05, 4.69) is 21.7 Å². The van der Waals surface area contributed by atoms with E-state index in [0.29, 0.717) is 41.6 Å². The van der Waals surface area contributed by atoms with Crippen molar-refractivity contribution < 1.29 is 14.3 Å². The highest BCUT2D eigenvalue weighted by molar-refractivity contribution is 6.30. The normalized spacial score (nSPS) is 14.8. The molecule has 2 heterocycles. The van der Waals surface area contributed by atoms with Gasteiger partial charge in [0, 0.05) is 48.8 Å². The number of primary amides is 1. The molecular formula is C31H29ClN6O3. The van der Waals surface area contributed by atoms with Crippen LogP contribution in [0.5, 0.6) is 5.75 Å². The summed E-state index contributed by atoms with van der Waals surface area (Å²) in [5.74, 6) is -0.561. The van der Waals surface area contributed by atoms with Gasteiger partial charge in [-0.25, -0.2) is 4.98 Å². The van der Waals surface area contributed by atoms with Crippen LogP contribution in [0.2, 0.25) is 5.02 Å². The molecule has 9 nitrogen and oxygen atoms in total. The smallest absolute Gasteiger partial charge is 0.255 e. The van der Waals surface area contributed by atoms with Gasteiger partial charge in [0.25, 0.3) is 5.91 Å². The summed E-state index contributed by atoms with van der Waals surface area (Å²) >= 11 is 5.96. The molecule has 1 aliphatic rings. The minimum Gasteiger partial charge on any atom is -0.492 e. The quantitative estimate of drug-likeness (QED) is 0.265. The van der Waals surface area contributed by atoms with E-state index in [4.69, 9.17) is 27.3 Å². The van der Waals surface area contributed by atoms with Crippen molar-refractivity contribution in [2.75, 3.05) is 6.61 Å². The molecule has 0 fully saturated rings. The fourth-order valence-corrected chi connectivity index (χ4v) is 4.96. The molecule has 3 aromatic carbocycles. The first-order chi connectivity index (χ1) is 19.9. The number of aromatic nitrogens is 2. The van der Waals surface area contributed by atoms with Crippen molar-refractivity contribution in [1.82, 2.24) is 20.2 Å². The third kappa shape index (κ3) is 6.92. The number of rotatable bonds is 10. The van der Waals surface area contributed by atoms with Gasteiger partial charge in [0.1, 0.15) is 11.8 Å². The van der Waals surface area contributed by atoms with Crippen LogP contribution in [-0.2, 0) is 24.3 Å². The number of carbonyl (C=O) groups excluding carboxylic acids is 2. The minimum absolute atomic E-state index is 0.0452. The number of fused-ring (bicyclic) bond motifs is 1. The summed E-state index contributed by atoms with van der Waals surface area (Å²) < 4.78 is 7.94. The zero-order valence-electron chi connectivity index (χ0n) is 22.2. The van der Waals surface area contributed by atoms with Crippen LogP contribution in [0.1, 0.15) is 50.8 Å². The second kappa shape index (κ2) is 12.7. The van der Waals surface area contributed by atoms with E-state index in [1.807, 2.05) is 35.0 Å². The highest BCUT2D eigenvalue weighted by Gasteiger charge is 2.28. The average molecular weight is 569 g/mol. The molecule has 10 heteroatoms. The Bertz CT molecular complexity index is 1580. The van der Waals surface area contributed by atoms with Gasteiger partial charge < -0.3 is 25.7 Å². The number of imidazole rings is 1. The van der Waals surface area contributed by atoms with E-state index in [-0.39, 0.29) is 12.5 Å². The summed E-state index contributed by atoms with van der Waals surface area (Å²) in [5, 5.41) is 15.9. The number of ether oxygens (including phenoxy) is 1. The second-order valence-corrected chi connectivity index (χ2v) is 10.3. The van der Waals surface area contributed by atoms with Crippen molar-refractivity contribution in [3.63, 3.8) is 0 Å². The average Bonchev–Trinajstić information content (AvgIpc) is 3.43. The summed E-state index contributed by atoms with van der Waals surface area (Å²) in [5.41, 5.74) is 10.3. The lowest BCUT2D eigenvalue weighted by Gasteiger charge is -2.28. The molecule has 2 atom stereocenters. The van der Waals surface area contributed by atoms with Gasteiger partial charge in [-0.05, 0) is 41.5 Å². The Morgan fingerprint density at radius 2 is 1.88 bits per heavy atom. The molecule has 5 rings (SSSR count). The maximum absolute atomic E-state index is 13.3. The SMILES string of the molecule is N#Cc1ccc(Cn2cnc(CNC3CCOc4c(C(=O)N[C@@H](Cc5ccc(Cl)cc5)C(N)=O)cccc43)c2)cc1. The highest BCUT2D eigenvalue weighted by Crippen LogP contribution is 2.35. The number of nitrogens with one attached hydrogen (secondary N) is 2. The van der Waals surface area contributed by atoms with E-state index in [1.54, 1.807) is 48.8 Å². The van der Waals surface area contributed by atoms with Gasteiger partial charge in [-0.2, -0.15) is 5.26 Å². The third-order valence-electron chi connectivity index (χ3n) is 6.98. The van der Waals surface area contributed by atoms with Crippen LogP contribution in [0, 0.1) is 11.3 Å². The molecule has 2 amide bonds. The predicted octanol–water partition coefficient (Wildman–Crippen LogP) is 3.90. The molecule has 1 aromatic heterocycles. The fourth-order valence-electron chi connectivity index (χ4n) is 4.84. The van der Waals surface area contributed by atoms with Gasteiger partial charge >= 0.3 is 0 Å². The zero-order chi connectivity index (χ0) is 28.8. The first kappa shape index (κ1) is 27.9. The minimum atomic E-state index is -0.892. The van der Waals surface area contributed by atoms with Gasteiger partial charge in [-0.1, -0.05) is 48.0 Å². The molecule has 1 aliphatic heterocycles. The highest BCUT2D eigenvalue weighted by atomic mass is 35.5. The van der Waals surface area contributed by atoms with Crippen molar-refractivity contribution in [1.29, 1.82) is 5.26 Å². The number of amides is 2. The van der Waals surface area contributed by atoms with Crippen molar-refractivity contribution in [2.45, 2.75) is 38.0 Å². The Balaban J connectivity index is 1.24. The number of para-hydroxylation sites is 1. The van der Waals surface area contributed by atoms with Crippen LogP contribution in [0.25, 0.3) is 0 Å². The number of nitrogens with zero attached hydrogens (tertiary/aromatic N) is 3. The van der Waals surface area contributed by atoms with E-state index in [9.17, 15) is 9.59 Å². The van der Waals surface area contributed by atoms with Gasteiger partial charge in [0.05, 0.1) is 35.8 Å². The van der Waals surface area contributed by atoms with Crippen LogP contribution in [-0.4, -0.2) is 34.0 Å². The molecular weight excluding hydrogens is 540 g/mol. The van der Waals surface area contributed by atoms with Crippen LogP contribution < -0.4 is 21.1 Å². The molecule has 0 bridgehead atoms. The number of hydrogen-bond acceptors (Lipinski definition) is 6. The number of nitrogens with two attached hydrogens (primary N) is 1. The van der Waals surface area contributed by atoms with E-state index < -0.39 is 17.9 Å². The predicted molar refractivity (Wildman–Crippen MR) is 154 cm³/mol. The molecule has 208 valence electrons. The summed E-state index contributed by atoms with van der Waals surface area (Å²) in [4.78, 5) is 30.0. The Labute approximate surface area is 242 Å². The van der Waals surface area contributed by atoms with Crippen molar-refractivity contribution in [2.24, 2.45) is 5.73 Å². The summed E-state index contributed by atoms with van der Waals surface area (Å²) in [6, 6.07) is 21.1. The monoisotopic (exact) mass is 568 g/mol. The van der Waals surface area contributed by atoms with Gasteiger partial charge in [0.2, 0.25) is 5.91 Å². The summed E-state index contributed by atoms with van der Waals surface area (Å²) in [6.07, 6.45) is 4.75. The lowest BCUT2D eigenvalue weighted by atomic mass is 9.96. The molecule has 0 aliphatic carbocycles. The Hall–Kier alpha value is -4.65. The van der Waals surface area contributed by atoms with Crippen molar-refractivity contribution >= 4 is 23.4 Å².